The summed E-state index contributed by atoms with van der Waals surface area (Å²) >= 11 is 1.43. The Bertz CT molecular complexity index is 644. The van der Waals surface area contributed by atoms with E-state index in [-0.39, 0.29) is 36.8 Å². The van der Waals surface area contributed by atoms with Crippen molar-refractivity contribution in [2.24, 2.45) is 11.7 Å². The zero-order chi connectivity index (χ0) is 14.8. The number of nitrogens with one attached hydrogen (secondary N) is 1. The van der Waals surface area contributed by atoms with Crippen LogP contribution in [0.15, 0.2) is 30.3 Å². The first-order chi connectivity index (χ1) is 10.1. The van der Waals surface area contributed by atoms with Crippen molar-refractivity contribution in [1.29, 1.82) is 0 Å². The van der Waals surface area contributed by atoms with Crippen LogP contribution in [0.1, 0.15) is 28.2 Å². The van der Waals surface area contributed by atoms with E-state index in [0.717, 1.165) is 16.3 Å². The molecule has 0 bridgehead atoms. The van der Waals surface area contributed by atoms with Crippen molar-refractivity contribution in [2.75, 3.05) is 6.54 Å². The van der Waals surface area contributed by atoms with Gasteiger partial charge in [0.25, 0.3) is 5.91 Å². The van der Waals surface area contributed by atoms with Crippen molar-refractivity contribution in [2.45, 2.75) is 25.8 Å². The van der Waals surface area contributed by atoms with Gasteiger partial charge in [-0.2, -0.15) is 0 Å². The number of benzene rings is 1. The number of thiazole rings is 1. The molecule has 7 heteroatoms. The van der Waals surface area contributed by atoms with Crippen molar-refractivity contribution < 1.29 is 4.79 Å². The molecule has 3 rings (SSSR count). The molecule has 1 aromatic carbocycles. The molecule has 1 unspecified atom stereocenters. The number of halogens is 2. The summed E-state index contributed by atoms with van der Waals surface area (Å²) in [5, 5.41) is 3.81. The second-order valence-corrected chi connectivity index (χ2v) is 6.51. The van der Waals surface area contributed by atoms with E-state index in [0.29, 0.717) is 17.3 Å². The Hall–Kier alpha value is -1.14. The number of hydrogen-bond donors (Lipinski definition) is 2. The van der Waals surface area contributed by atoms with E-state index in [1.807, 2.05) is 37.3 Å². The van der Waals surface area contributed by atoms with Crippen LogP contribution in [-0.2, 0) is 0 Å². The van der Waals surface area contributed by atoms with Crippen molar-refractivity contribution in [3.05, 3.63) is 40.9 Å². The van der Waals surface area contributed by atoms with E-state index in [1.54, 1.807) is 0 Å². The molecule has 0 spiro atoms. The number of amides is 1. The number of aromatic nitrogens is 1. The van der Waals surface area contributed by atoms with E-state index in [2.05, 4.69) is 10.3 Å². The number of rotatable bonds is 5. The van der Waals surface area contributed by atoms with E-state index in [1.165, 1.54) is 24.2 Å². The SMILES string of the molecule is Cc1nc(-c2ccccc2)sc1C(=O)NCC(N)C1CC1.Cl.Cl. The molecule has 0 radical (unpaired) electrons. The maximum Gasteiger partial charge on any atom is 0.263 e. The summed E-state index contributed by atoms with van der Waals surface area (Å²) in [6, 6.07) is 10.00. The van der Waals surface area contributed by atoms with Crippen LogP contribution in [0.5, 0.6) is 0 Å². The minimum Gasteiger partial charge on any atom is -0.350 e. The summed E-state index contributed by atoms with van der Waals surface area (Å²) in [5.74, 6) is 0.524. The number of nitrogens with two attached hydrogens (primary N) is 1. The largest absolute Gasteiger partial charge is 0.350 e. The second-order valence-electron chi connectivity index (χ2n) is 5.51. The van der Waals surface area contributed by atoms with E-state index < -0.39 is 0 Å². The van der Waals surface area contributed by atoms with Gasteiger partial charge in [0.2, 0.25) is 0 Å². The van der Waals surface area contributed by atoms with Crippen LogP contribution in [0.2, 0.25) is 0 Å². The van der Waals surface area contributed by atoms with E-state index in [9.17, 15) is 4.79 Å². The van der Waals surface area contributed by atoms with Crippen LogP contribution in [0.25, 0.3) is 10.6 Å². The highest BCUT2D eigenvalue weighted by molar-refractivity contribution is 7.17. The molecule has 0 saturated heterocycles. The van der Waals surface area contributed by atoms with Crippen LogP contribution in [-0.4, -0.2) is 23.5 Å². The molecule has 23 heavy (non-hydrogen) atoms. The minimum atomic E-state index is -0.0664. The van der Waals surface area contributed by atoms with Gasteiger partial charge in [0.05, 0.1) is 5.69 Å². The average molecular weight is 374 g/mol. The van der Waals surface area contributed by atoms with Gasteiger partial charge in [-0.3, -0.25) is 4.79 Å². The van der Waals surface area contributed by atoms with Crippen molar-refractivity contribution in [1.82, 2.24) is 10.3 Å². The first-order valence-electron chi connectivity index (χ1n) is 7.22. The van der Waals surface area contributed by atoms with Crippen molar-refractivity contribution >= 4 is 42.1 Å². The first-order valence-corrected chi connectivity index (χ1v) is 8.03. The molecule has 126 valence electrons. The van der Waals surface area contributed by atoms with Crippen LogP contribution >= 0.6 is 36.2 Å². The Labute approximate surface area is 152 Å². The molecule has 1 amide bonds. The predicted octanol–water partition coefficient (Wildman–Crippen LogP) is 3.43. The lowest BCUT2D eigenvalue weighted by Gasteiger charge is -2.10. The second kappa shape index (κ2) is 8.64. The zero-order valence-corrected chi connectivity index (χ0v) is 15.3. The zero-order valence-electron chi connectivity index (χ0n) is 12.8. The maximum absolute atomic E-state index is 12.3. The molecule has 3 N–H and O–H groups in total. The Balaban J connectivity index is 0.00000132. The molecule has 1 atom stereocenters. The van der Waals surface area contributed by atoms with Gasteiger partial charge >= 0.3 is 0 Å². The molecule has 0 aliphatic heterocycles. The standard InChI is InChI=1S/C16H19N3OS.2ClH/c1-10-14(15(20)18-9-13(17)11-7-8-11)21-16(19-10)12-5-3-2-4-6-12;;/h2-6,11,13H,7-9,17H2,1H3,(H,18,20);2*1H. The van der Waals surface area contributed by atoms with Gasteiger partial charge in [-0.1, -0.05) is 30.3 Å². The van der Waals surface area contributed by atoms with Crippen LogP contribution in [0.3, 0.4) is 0 Å². The lowest BCUT2D eigenvalue weighted by atomic mass is 10.2. The Morgan fingerprint density at radius 3 is 2.61 bits per heavy atom. The van der Waals surface area contributed by atoms with Crippen molar-refractivity contribution in [3.8, 4) is 10.6 Å². The van der Waals surface area contributed by atoms with Crippen LogP contribution in [0, 0.1) is 12.8 Å². The summed E-state index contributed by atoms with van der Waals surface area (Å²) in [7, 11) is 0. The third-order valence-electron chi connectivity index (χ3n) is 3.75. The molecule has 1 aliphatic carbocycles. The highest BCUT2D eigenvalue weighted by atomic mass is 35.5. The first kappa shape index (κ1) is 19.9. The normalized spacial score (nSPS) is 14.3. The number of nitrogens with zero attached hydrogens (tertiary/aromatic N) is 1. The van der Waals surface area contributed by atoms with E-state index >= 15 is 0 Å². The highest BCUT2D eigenvalue weighted by Gasteiger charge is 2.28. The molecule has 1 heterocycles. The highest BCUT2D eigenvalue weighted by Crippen LogP contribution is 2.31. The summed E-state index contributed by atoms with van der Waals surface area (Å²) in [6.45, 7) is 2.42. The molecule has 1 saturated carbocycles. The Kier molecular flexibility index (Phi) is 7.48. The summed E-state index contributed by atoms with van der Waals surface area (Å²) in [6.07, 6.45) is 2.38. The van der Waals surface area contributed by atoms with Gasteiger partial charge in [0.1, 0.15) is 9.88 Å². The molecule has 1 fully saturated rings. The Morgan fingerprint density at radius 2 is 2.00 bits per heavy atom. The van der Waals surface area contributed by atoms with Gasteiger partial charge in [0.15, 0.2) is 0 Å². The third-order valence-corrected chi connectivity index (χ3v) is 4.95. The monoisotopic (exact) mass is 373 g/mol. The third kappa shape index (κ3) is 4.91. The fourth-order valence-electron chi connectivity index (χ4n) is 2.29. The lowest BCUT2D eigenvalue weighted by molar-refractivity contribution is 0.0953. The molecule has 1 aromatic heterocycles. The van der Waals surface area contributed by atoms with Crippen molar-refractivity contribution in [3.63, 3.8) is 0 Å². The maximum atomic E-state index is 12.3. The van der Waals surface area contributed by atoms with Gasteiger partial charge in [-0.15, -0.1) is 36.2 Å². The van der Waals surface area contributed by atoms with Gasteiger partial charge < -0.3 is 11.1 Å². The smallest absolute Gasteiger partial charge is 0.263 e. The molecular formula is C16H21Cl2N3OS. The fourth-order valence-corrected chi connectivity index (χ4v) is 3.28. The average Bonchev–Trinajstić information content (AvgIpc) is 3.28. The molecule has 1 aliphatic rings. The van der Waals surface area contributed by atoms with Gasteiger partial charge in [-0.05, 0) is 25.7 Å². The number of carbonyl (C=O) groups excluding carboxylic acids is 1. The quantitative estimate of drug-likeness (QED) is 0.843. The van der Waals surface area contributed by atoms with E-state index in [4.69, 9.17) is 5.73 Å². The predicted molar refractivity (Wildman–Crippen MR) is 99.8 cm³/mol. The summed E-state index contributed by atoms with van der Waals surface area (Å²) < 4.78 is 0. The van der Waals surface area contributed by atoms with Crippen LogP contribution in [0.4, 0.5) is 0 Å². The number of aryl methyl sites for hydroxylation is 1. The van der Waals surface area contributed by atoms with Gasteiger partial charge in [-0.25, -0.2) is 4.98 Å². The summed E-state index contributed by atoms with van der Waals surface area (Å²) in [5.41, 5.74) is 7.83. The molecule has 4 nitrogen and oxygen atoms in total. The lowest BCUT2D eigenvalue weighted by Crippen LogP contribution is -2.38. The number of carbonyl (C=O) groups is 1. The summed E-state index contributed by atoms with van der Waals surface area (Å²) in [4.78, 5) is 17.4. The van der Waals surface area contributed by atoms with Gasteiger partial charge in [0, 0.05) is 18.2 Å². The van der Waals surface area contributed by atoms with Crippen LogP contribution < -0.4 is 11.1 Å². The Morgan fingerprint density at radius 1 is 1.35 bits per heavy atom. The molecular weight excluding hydrogens is 353 g/mol. The minimum absolute atomic E-state index is 0. The molecule has 2 aromatic rings. The topological polar surface area (TPSA) is 68.0 Å². The fraction of sp³-hybridized carbons (Fsp3) is 0.375. The number of hydrogen-bond acceptors (Lipinski definition) is 4.